The first-order valence-corrected chi connectivity index (χ1v) is 12.6. The number of nitrogens with two attached hydrogens (primary N) is 1. The molecule has 4 rings (SSSR count). The second kappa shape index (κ2) is 10.1. The minimum Gasteiger partial charge on any atom is -0.384 e. The monoisotopic (exact) mass is 490 g/mol. The zero-order valence-electron chi connectivity index (χ0n) is 18.5. The SMILES string of the molecule is CCCn1c(N)c(C(=O)CSc2nnc(-c3cccs3)n2C[C@@H]2CCCO2)c(=O)n(C)c1=O. The second-order valence-corrected chi connectivity index (χ2v) is 9.69. The van der Waals surface area contributed by atoms with Crippen LogP contribution in [0.3, 0.4) is 0 Å². The van der Waals surface area contributed by atoms with E-state index in [0.717, 1.165) is 34.7 Å². The van der Waals surface area contributed by atoms with E-state index in [0.29, 0.717) is 24.7 Å². The minimum atomic E-state index is -0.685. The lowest BCUT2D eigenvalue weighted by atomic mass is 10.2. The summed E-state index contributed by atoms with van der Waals surface area (Å²) in [6.07, 6.45) is 2.67. The van der Waals surface area contributed by atoms with Crippen LogP contribution < -0.4 is 17.0 Å². The Morgan fingerprint density at radius 1 is 1.33 bits per heavy atom. The molecule has 33 heavy (non-hydrogen) atoms. The van der Waals surface area contributed by atoms with E-state index in [1.165, 1.54) is 23.4 Å². The molecule has 12 heteroatoms. The van der Waals surface area contributed by atoms with Crippen molar-refractivity contribution >= 4 is 34.7 Å². The Labute approximate surface area is 198 Å². The summed E-state index contributed by atoms with van der Waals surface area (Å²) >= 11 is 2.76. The molecule has 10 nitrogen and oxygen atoms in total. The fourth-order valence-corrected chi connectivity index (χ4v) is 5.36. The van der Waals surface area contributed by atoms with Crippen LogP contribution in [0.15, 0.2) is 32.3 Å². The van der Waals surface area contributed by atoms with Crippen LogP contribution in [-0.2, 0) is 24.9 Å². The molecule has 176 valence electrons. The fraction of sp³-hybridized carbons (Fsp3) is 0.476. The van der Waals surface area contributed by atoms with Gasteiger partial charge in [-0.3, -0.25) is 23.3 Å². The summed E-state index contributed by atoms with van der Waals surface area (Å²) < 4.78 is 9.97. The van der Waals surface area contributed by atoms with Gasteiger partial charge in [0, 0.05) is 20.2 Å². The first-order valence-electron chi connectivity index (χ1n) is 10.8. The highest BCUT2D eigenvalue weighted by Crippen LogP contribution is 2.29. The normalized spacial score (nSPS) is 15.9. The van der Waals surface area contributed by atoms with Gasteiger partial charge in [-0.2, -0.15) is 0 Å². The lowest BCUT2D eigenvalue weighted by molar-refractivity contribution is 0.0953. The molecule has 0 radical (unpaired) electrons. The predicted molar refractivity (Wildman–Crippen MR) is 128 cm³/mol. The van der Waals surface area contributed by atoms with Gasteiger partial charge in [-0.15, -0.1) is 21.5 Å². The molecule has 1 atom stereocenters. The highest BCUT2D eigenvalue weighted by Gasteiger charge is 2.25. The number of Topliss-reactive ketones (excluding diaryl/α,β-unsaturated/α-hetero) is 1. The van der Waals surface area contributed by atoms with E-state index in [9.17, 15) is 14.4 Å². The zero-order chi connectivity index (χ0) is 23.5. The number of aromatic nitrogens is 5. The van der Waals surface area contributed by atoms with Crippen LogP contribution in [0.25, 0.3) is 10.7 Å². The molecule has 0 aromatic carbocycles. The molecule has 3 aromatic heterocycles. The van der Waals surface area contributed by atoms with Gasteiger partial charge in [0.2, 0.25) is 0 Å². The van der Waals surface area contributed by atoms with Gasteiger partial charge in [0.05, 0.1) is 23.3 Å². The summed E-state index contributed by atoms with van der Waals surface area (Å²) in [4.78, 5) is 39.1. The molecule has 0 saturated carbocycles. The maximum Gasteiger partial charge on any atom is 0.332 e. The van der Waals surface area contributed by atoms with Gasteiger partial charge in [0.25, 0.3) is 5.56 Å². The van der Waals surface area contributed by atoms with Gasteiger partial charge in [-0.1, -0.05) is 24.8 Å². The lowest BCUT2D eigenvalue weighted by Gasteiger charge is -2.15. The number of ether oxygens (including phenoxy) is 1. The maximum absolute atomic E-state index is 13.1. The van der Waals surface area contributed by atoms with E-state index >= 15 is 0 Å². The summed E-state index contributed by atoms with van der Waals surface area (Å²) in [6.45, 7) is 3.53. The maximum atomic E-state index is 13.1. The Kier molecular flexibility index (Phi) is 7.15. The highest BCUT2D eigenvalue weighted by molar-refractivity contribution is 7.99. The third kappa shape index (κ3) is 4.68. The molecular formula is C21H26N6O4S2. The molecule has 0 aliphatic carbocycles. The highest BCUT2D eigenvalue weighted by atomic mass is 32.2. The Bertz CT molecular complexity index is 1260. The van der Waals surface area contributed by atoms with Crippen molar-refractivity contribution in [2.24, 2.45) is 7.05 Å². The van der Waals surface area contributed by atoms with Crippen LogP contribution in [0, 0.1) is 0 Å². The van der Waals surface area contributed by atoms with E-state index in [-0.39, 0.29) is 23.2 Å². The van der Waals surface area contributed by atoms with Crippen molar-refractivity contribution in [2.45, 2.75) is 50.5 Å². The number of anilines is 1. The van der Waals surface area contributed by atoms with Crippen molar-refractivity contribution < 1.29 is 9.53 Å². The van der Waals surface area contributed by atoms with Gasteiger partial charge >= 0.3 is 5.69 Å². The van der Waals surface area contributed by atoms with Crippen LogP contribution >= 0.6 is 23.1 Å². The predicted octanol–water partition coefficient (Wildman–Crippen LogP) is 2.01. The van der Waals surface area contributed by atoms with Crippen LogP contribution in [0.1, 0.15) is 36.5 Å². The quantitative estimate of drug-likeness (QED) is 0.356. The summed E-state index contributed by atoms with van der Waals surface area (Å²) in [5, 5.41) is 11.2. The van der Waals surface area contributed by atoms with Gasteiger partial charge < -0.3 is 10.5 Å². The summed E-state index contributed by atoms with van der Waals surface area (Å²) in [6, 6.07) is 3.92. The van der Waals surface area contributed by atoms with Gasteiger partial charge in [-0.05, 0) is 30.7 Å². The standard InChI is InChI=1S/C21H26N6O4S2/c1-3-8-26-17(22)16(19(29)25(2)21(26)30)14(28)12-33-20-24-23-18(15-7-5-10-32-15)27(20)11-13-6-4-9-31-13/h5,7,10,13H,3-4,6,8-9,11-12,22H2,1-2H3/t13-/m0/s1. The summed E-state index contributed by atoms with van der Waals surface area (Å²) in [5.74, 6) is 0.128. The Morgan fingerprint density at radius 2 is 2.15 bits per heavy atom. The second-order valence-electron chi connectivity index (χ2n) is 7.80. The number of nitrogen functional groups attached to an aromatic ring is 1. The summed E-state index contributed by atoms with van der Waals surface area (Å²) in [7, 11) is 1.35. The van der Waals surface area contributed by atoms with Crippen molar-refractivity contribution in [1.82, 2.24) is 23.9 Å². The fourth-order valence-electron chi connectivity index (χ4n) is 3.83. The molecule has 0 unspecified atom stereocenters. The molecule has 1 saturated heterocycles. The van der Waals surface area contributed by atoms with Crippen LogP contribution in [0.2, 0.25) is 0 Å². The van der Waals surface area contributed by atoms with Gasteiger partial charge in [0.1, 0.15) is 11.4 Å². The molecule has 1 aliphatic heterocycles. The van der Waals surface area contributed by atoms with Crippen molar-refractivity contribution in [3.63, 3.8) is 0 Å². The number of rotatable bonds is 9. The smallest absolute Gasteiger partial charge is 0.332 e. The molecule has 3 aromatic rings. The lowest BCUT2D eigenvalue weighted by Crippen LogP contribution is -2.42. The Balaban J connectivity index is 1.61. The number of ketones is 1. The zero-order valence-corrected chi connectivity index (χ0v) is 20.2. The van der Waals surface area contributed by atoms with Crippen LogP contribution in [0.5, 0.6) is 0 Å². The van der Waals surface area contributed by atoms with Crippen molar-refractivity contribution in [3.05, 3.63) is 43.9 Å². The average molecular weight is 491 g/mol. The molecule has 2 N–H and O–H groups in total. The molecule has 0 spiro atoms. The third-order valence-corrected chi connectivity index (χ3v) is 7.34. The van der Waals surface area contributed by atoms with E-state index < -0.39 is 17.0 Å². The number of hydrogen-bond donors (Lipinski definition) is 1. The number of carbonyl (C=O) groups is 1. The average Bonchev–Trinajstić information content (AvgIpc) is 3.57. The van der Waals surface area contributed by atoms with E-state index in [1.807, 2.05) is 29.0 Å². The molecular weight excluding hydrogens is 464 g/mol. The first-order chi connectivity index (χ1) is 15.9. The van der Waals surface area contributed by atoms with Crippen LogP contribution in [0.4, 0.5) is 5.82 Å². The number of hydrogen-bond acceptors (Lipinski definition) is 9. The third-order valence-electron chi connectivity index (χ3n) is 5.51. The molecule has 0 bridgehead atoms. The van der Waals surface area contributed by atoms with E-state index in [2.05, 4.69) is 10.2 Å². The molecule has 4 heterocycles. The first kappa shape index (κ1) is 23.5. The number of thiophene rings is 1. The van der Waals surface area contributed by atoms with E-state index in [1.54, 1.807) is 11.3 Å². The molecule has 1 aliphatic rings. The molecule has 1 fully saturated rings. The summed E-state index contributed by atoms with van der Waals surface area (Å²) in [5.41, 5.74) is 4.71. The topological polar surface area (TPSA) is 127 Å². The van der Waals surface area contributed by atoms with Crippen molar-refractivity contribution in [2.75, 3.05) is 18.1 Å². The number of nitrogens with zero attached hydrogens (tertiary/aromatic N) is 5. The van der Waals surface area contributed by atoms with Crippen molar-refractivity contribution in [3.8, 4) is 10.7 Å². The Morgan fingerprint density at radius 3 is 2.82 bits per heavy atom. The molecule has 0 amide bonds. The number of thioether (sulfide) groups is 1. The van der Waals surface area contributed by atoms with Gasteiger partial charge in [0.15, 0.2) is 16.8 Å². The van der Waals surface area contributed by atoms with Gasteiger partial charge in [-0.25, -0.2) is 4.79 Å². The Hall–Kier alpha value is -2.70. The number of carbonyl (C=O) groups excluding carboxylic acids is 1. The van der Waals surface area contributed by atoms with Crippen molar-refractivity contribution in [1.29, 1.82) is 0 Å². The minimum absolute atomic E-state index is 0.0577. The largest absolute Gasteiger partial charge is 0.384 e. The van der Waals surface area contributed by atoms with E-state index in [4.69, 9.17) is 10.5 Å². The van der Waals surface area contributed by atoms with Crippen LogP contribution in [-0.4, -0.2) is 48.1 Å².